The third-order valence-corrected chi connectivity index (χ3v) is 2.55. The lowest BCUT2D eigenvalue weighted by molar-refractivity contribution is 0.419. The molecule has 0 fully saturated rings. The molecule has 0 atom stereocenters. The maximum atomic E-state index is 13.6. The van der Waals surface area contributed by atoms with Crippen molar-refractivity contribution in [3.05, 3.63) is 35.2 Å². The number of halogens is 2. The van der Waals surface area contributed by atoms with Crippen molar-refractivity contribution in [2.75, 3.05) is 13.6 Å². The maximum absolute atomic E-state index is 13.6. The van der Waals surface area contributed by atoms with Crippen LogP contribution in [0.5, 0.6) is 0 Å². The van der Waals surface area contributed by atoms with E-state index in [4.69, 9.17) is 4.52 Å². The molecule has 18 heavy (non-hydrogen) atoms. The van der Waals surface area contributed by atoms with Gasteiger partial charge in [0.2, 0.25) is 0 Å². The van der Waals surface area contributed by atoms with Gasteiger partial charge in [0.1, 0.15) is 11.6 Å². The van der Waals surface area contributed by atoms with Gasteiger partial charge in [0, 0.05) is 19.0 Å². The third kappa shape index (κ3) is 2.53. The summed E-state index contributed by atoms with van der Waals surface area (Å²) in [5.74, 6) is -0.740. The van der Waals surface area contributed by atoms with E-state index in [0.717, 1.165) is 6.07 Å². The average molecular weight is 253 g/mol. The van der Waals surface area contributed by atoms with Gasteiger partial charge >= 0.3 is 0 Å². The molecular weight excluding hydrogens is 240 g/mol. The highest BCUT2D eigenvalue weighted by molar-refractivity contribution is 5.55. The van der Waals surface area contributed by atoms with Crippen LogP contribution in [0.15, 0.2) is 16.7 Å². The highest BCUT2D eigenvalue weighted by atomic mass is 19.1. The Kier molecular flexibility index (Phi) is 3.66. The first-order valence-corrected chi connectivity index (χ1v) is 5.55. The first kappa shape index (κ1) is 12.6. The molecule has 0 spiro atoms. The minimum absolute atomic E-state index is 0.0710. The van der Waals surface area contributed by atoms with Crippen LogP contribution in [0.4, 0.5) is 8.78 Å². The van der Waals surface area contributed by atoms with Gasteiger partial charge in [-0.15, -0.1) is 0 Å². The quantitative estimate of drug-likeness (QED) is 0.906. The van der Waals surface area contributed by atoms with E-state index in [-0.39, 0.29) is 11.5 Å². The fraction of sp³-hybridized carbons (Fsp3) is 0.333. The van der Waals surface area contributed by atoms with Gasteiger partial charge in [0.05, 0.1) is 5.56 Å². The second-order valence-electron chi connectivity index (χ2n) is 3.95. The van der Waals surface area contributed by atoms with Crippen molar-refractivity contribution >= 4 is 0 Å². The molecule has 0 saturated heterocycles. The van der Waals surface area contributed by atoms with Gasteiger partial charge < -0.3 is 9.84 Å². The monoisotopic (exact) mass is 253 g/mol. The molecular formula is C12H13F2N3O. The van der Waals surface area contributed by atoms with Gasteiger partial charge in [0.15, 0.2) is 5.82 Å². The molecule has 0 aliphatic rings. The normalized spacial score (nSPS) is 10.9. The first-order chi connectivity index (χ1) is 8.61. The molecule has 0 amide bonds. The molecule has 2 rings (SSSR count). The van der Waals surface area contributed by atoms with Crippen LogP contribution in [0.2, 0.25) is 0 Å². The van der Waals surface area contributed by atoms with Crippen LogP contribution < -0.4 is 5.32 Å². The standard InChI is InChI=1S/C12H13F2N3O/c1-7-5-8(10(14)6-9(7)13)12-16-11(17-18-12)3-4-15-2/h5-6,15H,3-4H2,1-2H3. The lowest BCUT2D eigenvalue weighted by Crippen LogP contribution is -2.11. The molecule has 1 aromatic carbocycles. The third-order valence-electron chi connectivity index (χ3n) is 2.55. The summed E-state index contributed by atoms with van der Waals surface area (Å²) in [4.78, 5) is 4.07. The van der Waals surface area contributed by atoms with Gasteiger partial charge in [-0.2, -0.15) is 4.98 Å². The fourth-order valence-corrected chi connectivity index (χ4v) is 1.52. The van der Waals surface area contributed by atoms with Crippen LogP contribution in [-0.2, 0) is 6.42 Å². The Labute approximate surface area is 103 Å². The Balaban J connectivity index is 2.31. The molecule has 2 aromatic rings. The molecule has 96 valence electrons. The van der Waals surface area contributed by atoms with E-state index >= 15 is 0 Å². The summed E-state index contributed by atoms with van der Waals surface area (Å²) in [5.41, 5.74) is 0.457. The van der Waals surface area contributed by atoms with Crippen LogP contribution in [0.3, 0.4) is 0 Å². The van der Waals surface area contributed by atoms with Crippen LogP contribution in [0, 0.1) is 18.6 Å². The highest BCUT2D eigenvalue weighted by Gasteiger charge is 2.15. The van der Waals surface area contributed by atoms with Crippen LogP contribution in [-0.4, -0.2) is 23.7 Å². The summed E-state index contributed by atoms with van der Waals surface area (Å²) in [7, 11) is 1.81. The summed E-state index contributed by atoms with van der Waals surface area (Å²) >= 11 is 0. The second kappa shape index (κ2) is 5.22. The Morgan fingerprint density at radius 2 is 2.06 bits per heavy atom. The zero-order chi connectivity index (χ0) is 13.1. The summed E-state index contributed by atoms with van der Waals surface area (Å²) in [6, 6.07) is 2.18. The maximum Gasteiger partial charge on any atom is 0.260 e. The van der Waals surface area contributed by atoms with Crippen molar-refractivity contribution in [1.29, 1.82) is 0 Å². The number of rotatable bonds is 4. The number of hydrogen-bond donors (Lipinski definition) is 1. The highest BCUT2D eigenvalue weighted by Crippen LogP contribution is 2.24. The largest absolute Gasteiger partial charge is 0.334 e. The summed E-state index contributed by atoms with van der Waals surface area (Å²) in [6.07, 6.45) is 0.585. The van der Waals surface area contributed by atoms with Gasteiger partial charge in [0.25, 0.3) is 5.89 Å². The van der Waals surface area contributed by atoms with Gasteiger partial charge in [-0.05, 0) is 25.6 Å². The molecule has 4 nitrogen and oxygen atoms in total. The lowest BCUT2D eigenvalue weighted by atomic mass is 10.1. The molecule has 0 aliphatic carbocycles. The van der Waals surface area contributed by atoms with E-state index in [1.54, 1.807) is 6.92 Å². The number of nitrogens with zero attached hydrogens (tertiary/aromatic N) is 2. The molecule has 0 bridgehead atoms. The molecule has 1 heterocycles. The number of nitrogens with one attached hydrogen (secondary N) is 1. The van der Waals surface area contributed by atoms with Crippen molar-refractivity contribution in [3.8, 4) is 11.5 Å². The second-order valence-corrected chi connectivity index (χ2v) is 3.95. The Hall–Kier alpha value is -1.82. The van der Waals surface area contributed by atoms with Crippen molar-refractivity contribution in [1.82, 2.24) is 15.5 Å². The minimum Gasteiger partial charge on any atom is -0.334 e. The summed E-state index contributed by atoms with van der Waals surface area (Å²) < 4.78 is 31.7. The number of aromatic nitrogens is 2. The molecule has 0 radical (unpaired) electrons. The zero-order valence-corrected chi connectivity index (χ0v) is 10.1. The van der Waals surface area contributed by atoms with Crippen molar-refractivity contribution < 1.29 is 13.3 Å². The van der Waals surface area contributed by atoms with Crippen LogP contribution in [0.25, 0.3) is 11.5 Å². The zero-order valence-electron chi connectivity index (χ0n) is 10.1. The average Bonchev–Trinajstić information content (AvgIpc) is 2.79. The van der Waals surface area contributed by atoms with E-state index in [2.05, 4.69) is 15.5 Å². The predicted octanol–water partition coefficient (Wildman–Crippen LogP) is 2.09. The van der Waals surface area contributed by atoms with Gasteiger partial charge in [-0.1, -0.05) is 5.16 Å². The molecule has 6 heteroatoms. The minimum atomic E-state index is -0.707. The van der Waals surface area contributed by atoms with Crippen LogP contribution in [0.1, 0.15) is 11.4 Å². The van der Waals surface area contributed by atoms with E-state index in [1.807, 2.05) is 7.05 Å². The SMILES string of the molecule is CNCCc1noc(-c2cc(C)c(F)cc2F)n1. The van der Waals surface area contributed by atoms with E-state index in [0.29, 0.717) is 24.4 Å². The number of likely N-dealkylation sites (N-methyl/N-ethyl adjacent to an activating group) is 1. The fourth-order valence-electron chi connectivity index (χ4n) is 1.52. The molecule has 0 saturated carbocycles. The van der Waals surface area contributed by atoms with Crippen molar-refractivity contribution in [2.45, 2.75) is 13.3 Å². The molecule has 1 aromatic heterocycles. The van der Waals surface area contributed by atoms with Gasteiger partial charge in [-0.25, -0.2) is 8.78 Å². The Morgan fingerprint density at radius 3 is 2.78 bits per heavy atom. The molecule has 0 unspecified atom stereocenters. The van der Waals surface area contributed by atoms with E-state index in [9.17, 15) is 8.78 Å². The van der Waals surface area contributed by atoms with Crippen molar-refractivity contribution in [2.24, 2.45) is 0 Å². The summed E-state index contributed by atoms with van der Waals surface area (Å²) in [6.45, 7) is 2.25. The van der Waals surface area contributed by atoms with E-state index in [1.165, 1.54) is 6.07 Å². The predicted molar refractivity (Wildman–Crippen MR) is 62.0 cm³/mol. The Morgan fingerprint density at radius 1 is 1.28 bits per heavy atom. The number of hydrogen-bond acceptors (Lipinski definition) is 4. The number of benzene rings is 1. The lowest BCUT2D eigenvalue weighted by Gasteiger charge is -2.00. The molecule has 1 N–H and O–H groups in total. The topological polar surface area (TPSA) is 51.0 Å². The summed E-state index contributed by atoms with van der Waals surface area (Å²) in [5, 5.41) is 6.68. The Bertz CT molecular complexity index is 554. The first-order valence-electron chi connectivity index (χ1n) is 5.55. The van der Waals surface area contributed by atoms with E-state index < -0.39 is 11.6 Å². The van der Waals surface area contributed by atoms with Crippen LogP contribution >= 0.6 is 0 Å². The van der Waals surface area contributed by atoms with Crippen molar-refractivity contribution in [3.63, 3.8) is 0 Å². The number of aryl methyl sites for hydroxylation is 1. The van der Waals surface area contributed by atoms with Gasteiger partial charge in [-0.3, -0.25) is 0 Å². The molecule has 0 aliphatic heterocycles. The smallest absolute Gasteiger partial charge is 0.260 e.